The highest BCUT2D eigenvalue weighted by atomic mass is 16.5. The molecule has 1 aliphatic carbocycles. The topological polar surface area (TPSA) is 59.1 Å². The fourth-order valence-corrected chi connectivity index (χ4v) is 3.83. The molecule has 28 heavy (non-hydrogen) atoms. The summed E-state index contributed by atoms with van der Waals surface area (Å²) in [6.45, 7) is 2.91. The van der Waals surface area contributed by atoms with Crippen LogP contribution in [-0.2, 0) is 11.2 Å². The van der Waals surface area contributed by atoms with Gasteiger partial charge in [0.1, 0.15) is 11.5 Å². The second kappa shape index (κ2) is 7.92. The molecule has 0 unspecified atom stereocenters. The number of carbonyl (C=O) groups is 2. The standard InChI is InChI=1S/C22H24N2O4/c1-27-17-7-5-16(6-8-17)23-11-13-24(14-12-23)22(26)15-28-21-4-2-3-18-19(21)9-10-20(18)25/h2-8H,9-15H2,1H3. The zero-order valence-electron chi connectivity index (χ0n) is 16.0. The molecule has 0 bridgehead atoms. The minimum atomic E-state index is -0.0173. The number of anilines is 1. The molecule has 0 spiro atoms. The smallest absolute Gasteiger partial charge is 0.260 e. The van der Waals surface area contributed by atoms with E-state index in [0.717, 1.165) is 35.7 Å². The summed E-state index contributed by atoms with van der Waals surface area (Å²) in [5.41, 5.74) is 2.80. The number of hydrogen-bond acceptors (Lipinski definition) is 5. The van der Waals surface area contributed by atoms with E-state index in [2.05, 4.69) is 4.90 Å². The third-order valence-corrected chi connectivity index (χ3v) is 5.46. The van der Waals surface area contributed by atoms with E-state index in [1.54, 1.807) is 7.11 Å². The van der Waals surface area contributed by atoms with Crippen LogP contribution < -0.4 is 14.4 Å². The molecule has 4 rings (SSSR count). The van der Waals surface area contributed by atoms with E-state index in [0.29, 0.717) is 31.7 Å². The predicted molar refractivity (Wildman–Crippen MR) is 106 cm³/mol. The Morgan fingerprint density at radius 3 is 2.46 bits per heavy atom. The first kappa shape index (κ1) is 18.3. The van der Waals surface area contributed by atoms with Crippen LogP contribution in [0.3, 0.4) is 0 Å². The zero-order valence-corrected chi connectivity index (χ0v) is 16.0. The van der Waals surface area contributed by atoms with Crippen LogP contribution in [0, 0.1) is 0 Å². The highest BCUT2D eigenvalue weighted by molar-refractivity contribution is 6.01. The van der Waals surface area contributed by atoms with Crippen molar-refractivity contribution in [3.63, 3.8) is 0 Å². The lowest BCUT2D eigenvalue weighted by molar-refractivity contribution is -0.133. The molecule has 0 aromatic heterocycles. The van der Waals surface area contributed by atoms with Gasteiger partial charge in [0.2, 0.25) is 0 Å². The summed E-state index contributed by atoms with van der Waals surface area (Å²) in [4.78, 5) is 28.5. The SMILES string of the molecule is COc1ccc(N2CCN(C(=O)COc3cccc4c3CCC4=O)CC2)cc1. The lowest BCUT2D eigenvalue weighted by Gasteiger charge is -2.36. The fraction of sp³-hybridized carbons (Fsp3) is 0.364. The highest BCUT2D eigenvalue weighted by Gasteiger charge is 2.25. The fourth-order valence-electron chi connectivity index (χ4n) is 3.83. The van der Waals surface area contributed by atoms with Gasteiger partial charge >= 0.3 is 0 Å². The molecule has 2 aromatic carbocycles. The Morgan fingerprint density at radius 2 is 1.75 bits per heavy atom. The molecule has 0 atom stereocenters. The van der Waals surface area contributed by atoms with Crippen molar-refractivity contribution in [2.24, 2.45) is 0 Å². The molecule has 146 valence electrons. The maximum atomic E-state index is 12.6. The number of amides is 1. The van der Waals surface area contributed by atoms with Crippen molar-refractivity contribution in [2.75, 3.05) is 44.8 Å². The summed E-state index contributed by atoms with van der Waals surface area (Å²) in [5.74, 6) is 1.63. The van der Waals surface area contributed by atoms with Crippen LogP contribution in [0.15, 0.2) is 42.5 Å². The number of rotatable bonds is 5. The lowest BCUT2D eigenvalue weighted by atomic mass is 10.1. The molecule has 1 amide bonds. The number of carbonyl (C=O) groups excluding carboxylic acids is 2. The van der Waals surface area contributed by atoms with Crippen LogP contribution in [0.1, 0.15) is 22.3 Å². The molecule has 1 fully saturated rings. The van der Waals surface area contributed by atoms with Gasteiger partial charge in [-0.15, -0.1) is 0 Å². The largest absolute Gasteiger partial charge is 0.497 e. The summed E-state index contributed by atoms with van der Waals surface area (Å²) in [6.07, 6.45) is 1.22. The van der Waals surface area contributed by atoms with E-state index in [-0.39, 0.29) is 18.3 Å². The predicted octanol–water partition coefficient (Wildman–Crippen LogP) is 2.55. The van der Waals surface area contributed by atoms with Crippen LogP contribution in [0.4, 0.5) is 5.69 Å². The molecule has 0 saturated carbocycles. The Balaban J connectivity index is 1.30. The number of nitrogens with zero attached hydrogens (tertiary/aromatic N) is 2. The van der Waals surface area contributed by atoms with Gasteiger partial charge in [0.25, 0.3) is 5.91 Å². The van der Waals surface area contributed by atoms with Gasteiger partial charge in [-0.1, -0.05) is 12.1 Å². The van der Waals surface area contributed by atoms with Crippen molar-refractivity contribution in [3.8, 4) is 11.5 Å². The Kier molecular flexibility index (Phi) is 5.19. The van der Waals surface area contributed by atoms with Crippen molar-refractivity contribution in [2.45, 2.75) is 12.8 Å². The number of hydrogen-bond donors (Lipinski definition) is 0. The summed E-state index contributed by atoms with van der Waals surface area (Å²) in [7, 11) is 1.66. The normalized spacial score (nSPS) is 16.1. The van der Waals surface area contributed by atoms with Crippen LogP contribution in [0.5, 0.6) is 11.5 Å². The number of piperazine rings is 1. The first-order valence-corrected chi connectivity index (χ1v) is 9.60. The second-order valence-electron chi connectivity index (χ2n) is 7.06. The third kappa shape index (κ3) is 3.67. The molecule has 6 heteroatoms. The quantitative estimate of drug-likeness (QED) is 0.798. The van der Waals surface area contributed by atoms with Crippen LogP contribution >= 0.6 is 0 Å². The number of benzene rings is 2. The number of ether oxygens (including phenoxy) is 2. The van der Waals surface area contributed by atoms with Gasteiger partial charge < -0.3 is 19.3 Å². The van der Waals surface area contributed by atoms with Crippen LogP contribution in [0.2, 0.25) is 0 Å². The van der Waals surface area contributed by atoms with Gasteiger partial charge in [-0.05, 0) is 36.8 Å². The monoisotopic (exact) mass is 380 g/mol. The summed E-state index contributed by atoms with van der Waals surface area (Å²) in [5, 5.41) is 0. The van der Waals surface area contributed by atoms with Gasteiger partial charge in [-0.2, -0.15) is 0 Å². The van der Waals surface area contributed by atoms with Crippen molar-refractivity contribution in [1.29, 1.82) is 0 Å². The summed E-state index contributed by atoms with van der Waals surface area (Å²) in [6, 6.07) is 13.5. The van der Waals surface area contributed by atoms with Crippen molar-refractivity contribution in [1.82, 2.24) is 4.90 Å². The lowest BCUT2D eigenvalue weighted by Crippen LogP contribution is -2.50. The van der Waals surface area contributed by atoms with Crippen molar-refractivity contribution in [3.05, 3.63) is 53.6 Å². The average Bonchev–Trinajstić information content (AvgIpc) is 3.14. The van der Waals surface area contributed by atoms with Crippen LogP contribution in [0.25, 0.3) is 0 Å². The molecule has 0 N–H and O–H groups in total. The van der Waals surface area contributed by atoms with Crippen LogP contribution in [-0.4, -0.2) is 56.5 Å². The van der Waals surface area contributed by atoms with Gasteiger partial charge in [-0.3, -0.25) is 9.59 Å². The Morgan fingerprint density at radius 1 is 1.00 bits per heavy atom. The maximum Gasteiger partial charge on any atom is 0.260 e. The number of ketones is 1. The van der Waals surface area contributed by atoms with E-state index in [1.807, 2.05) is 47.4 Å². The van der Waals surface area contributed by atoms with Gasteiger partial charge in [0.15, 0.2) is 12.4 Å². The molecular weight excluding hydrogens is 356 g/mol. The van der Waals surface area contributed by atoms with E-state index in [9.17, 15) is 9.59 Å². The molecule has 0 radical (unpaired) electrons. The maximum absolute atomic E-state index is 12.6. The Bertz CT molecular complexity index is 871. The van der Waals surface area contributed by atoms with E-state index in [4.69, 9.17) is 9.47 Å². The van der Waals surface area contributed by atoms with Crippen molar-refractivity contribution < 1.29 is 19.1 Å². The molecule has 2 aliphatic rings. The summed E-state index contributed by atoms with van der Waals surface area (Å²) >= 11 is 0. The Labute approximate surface area is 164 Å². The van der Waals surface area contributed by atoms with Gasteiger partial charge in [-0.25, -0.2) is 0 Å². The average molecular weight is 380 g/mol. The molecule has 1 saturated heterocycles. The summed E-state index contributed by atoms with van der Waals surface area (Å²) < 4.78 is 11.0. The van der Waals surface area contributed by atoms with E-state index in [1.165, 1.54) is 0 Å². The highest BCUT2D eigenvalue weighted by Crippen LogP contribution is 2.30. The van der Waals surface area contributed by atoms with Crippen molar-refractivity contribution >= 4 is 17.4 Å². The molecule has 1 heterocycles. The Hall–Kier alpha value is -3.02. The van der Waals surface area contributed by atoms with E-state index < -0.39 is 0 Å². The first-order chi connectivity index (χ1) is 13.7. The molecular formula is C22H24N2O4. The number of fused-ring (bicyclic) bond motifs is 1. The molecule has 6 nitrogen and oxygen atoms in total. The van der Waals surface area contributed by atoms with E-state index >= 15 is 0 Å². The number of Topliss-reactive ketones (excluding diaryl/α,β-unsaturated/α-hetero) is 1. The number of methoxy groups -OCH3 is 1. The molecule has 1 aliphatic heterocycles. The third-order valence-electron chi connectivity index (χ3n) is 5.46. The minimum Gasteiger partial charge on any atom is -0.497 e. The van der Waals surface area contributed by atoms with Gasteiger partial charge in [0.05, 0.1) is 7.11 Å². The first-order valence-electron chi connectivity index (χ1n) is 9.60. The minimum absolute atomic E-state index is 0.00712. The van der Waals surface area contributed by atoms with Gasteiger partial charge in [0, 0.05) is 49.4 Å². The zero-order chi connectivity index (χ0) is 19.5. The molecule has 2 aromatic rings. The second-order valence-corrected chi connectivity index (χ2v) is 7.06.